The fourth-order valence-electron chi connectivity index (χ4n) is 1.72. The lowest BCUT2D eigenvalue weighted by Crippen LogP contribution is -2.14. The first-order chi connectivity index (χ1) is 10.1. The fourth-order valence-corrected chi connectivity index (χ4v) is 1.72. The van der Waals surface area contributed by atoms with E-state index in [2.05, 4.69) is 20.6 Å². The van der Waals surface area contributed by atoms with Crippen molar-refractivity contribution in [1.29, 1.82) is 0 Å². The summed E-state index contributed by atoms with van der Waals surface area (Å²) in [6.07, 6.45) is 4.90. The molecule has 1 saturated carbocycles. The lowest BCUT2D eigenvalue weighted by atomic mass is 10.2. The van der Waals surface area contributed by atoms with Crippen molar-refractivity contribution in [3.8, 4) is 0 Å². The molecule has 3 rings (SSSR count). The van der Waals surface area contributed by atoms with E-state index in [1.807, 2.05) is 0 Å². The zero-order valence-corrected chi connectivity index (χ0v) is 10.9. The van der Waals surface area contributed by atoms with Gasteiger partial charge in [-0.2, -0.15) is 0 Å². The lowest BCUT2D eigenvalue weighted by Gasteiger charge is -2.07. The average Bonchev–Trinajstić information content (AvgIpc) is 3.26. The van der Waals surface area contributed by atoms with Crippen LogP contribution in [-0.2, 0) is 0 Å². The van der Waals surface area contributed by atoms with E-state index in [0.717, 1.165) is 25.0 Å². The fraction of sp³-hybridized carbons (Fsp3) is 0.214. The molecule has 2 aromatic rings. The first-order valence-electron chi connectivity index (χ1n) is 6.47. The van der Waals surface area contributed by atoms with Gasteiger partial charge in [-0.05, 0) is 25.0 Å². The minimum Gasteiger partial charge on any atom is -0.351 e. The number of hydrogen-bond acceptors (Lipinski definition) is 4. The van der Waals surface area contributed by atoms with Crippen LogP contribution in [0.4, 0.5) is 20.4 Å². The smallest absolute Gasteiger partial charge is 0.258 e. The van der Waals surface area contributed by atoms with Gasteiger partial charge in [-0.15, -0.1) is 0 Å². The molecular formula is C14H12F2N4O. The number of halogens is 2. The monoisotopic (exact) mass is 290 g/mol. The van der Waals surface area contributed by atoms with Crippen molar-refractivity contribution in [2.24, 2.45) is 0 Å². The highest BCUT2D eigenvalue weighted by molar-refractivity contribution is 6.03. The summed E-state index contributed by atoms with van der Waals surface area (Å²) in [6, 6.07) is 3.34. The molecule has 21 heavy (non-hydrogen) atoms. The van der Waals surface area contributed by atoms with Crippen LogP contribution in [0.15, 0.2) is 30.6 Å². The Balaban J connectivity index is 1.69. The van der Waals surface area contributed by atoms with Gasteiger partial charge in [0.15, 0.2) is 0 Å². The van der Waals surface area contributed by atoms with Crippen LogP contribution in [0.2, 0.25) is 0 Å². The average molecular weight is 290 g/mol. The Morgan fingerprint density at radius 3 is 2.52 bits per heavy atom. The van der Waals surface area contributed by atoms with Crippen molar-refractivity contribution in [3.63, 3.8) is 0 Å². The van der Waals surface area contributed by atoms with Gasteiger partial charge in [0.25, 0.3) is 5.91 Å². The Morgan fingerprint density at radius 2 is 1.90 bits per heavy atom. The second-order valence-corrected chi connectivity index (χ2v) is 4.79. The van der Waals surface area contributed by atoms with Crippen molar-refractivity contribution in [2.45, 2.75) is 18.9 Å². The summed E-state index contributed by atoms with van der Waals surface area (Å²) in [4.78, 5) is 20.0. The van der Waals surface area contributed by atoms with E-state index in [0.29, 0.717) is 18.1 Å². The molecule has 0 unspecified atom stereocenters. The van der Waals surface area contributed by atoms with Crippen molar-refractivity contribution in [2.75, 3.05) is 10.6 Å². The molecule has 1 aromatic heterocycles. The van der Waals surface area contributed by atoms with E-state index in [-0.39, 0.29) is 11.3 Å². The van der Waals surface area contributed by atoms with Gasteiger partial charge in [-0.3, -0.25) is 4.79 Å². The van der Waals surface area contributed by atoms with Crippen molar-refractivity contribution in [1.82, 2.24) is 9.97 Å². The van der Waals surface area contributed by atoms with Gasteiger partial charge in [0.05, 0.1) is 11.3 Å². The normalized spacial score (nSPS) is 13.8. The Bertz CT molecular complexity index is 671. The van der Waals surface area contributed by atoms with Crippen LogP contribution in [0.1, 0.15) is 23.2 Å². The highest BCUT2D eigenvalue weighted by Gasteiger charge is 2.21. The molecule has 5 nitrogen and oxygen atoms in total. The summed E-state index contributed by atoms with van der Waals surface area (Å²) < 4.78 is 26.2. The number of anilines is 2. The predicted molar refractivity (Wildman–Crippen MR) is 73.0 cm³/mol. The van der Waals surface area contributed by atoms with Crippen molar-refractivity contribution in [3.05, 3.63) is 47.8 Å². The summed E-state index contributed by atoms with van der Waals surface area (Å²) >= 11 is 0. The number of nitrogens with zero attached hydrogens (tertiary/aromatic N) is 2. The van der Waals surface area contributed by atoms with Gasteiger partial charge in [0, 0.05) is 24.5 Å². The number of rotatable bonds is 4. The molecule has 0 spiro atoms. The number of hydrogen-bond donors (Lipinski definition) is 2. The largest absolute Gasteiger partial charge is 0.351 e. The van der Waals surface area contributed by atoms with Crippen LogP contribution in [-0.4, -0.2) is 21.9 Å². The van der Waals surface area contributed by atoms with E-state index < -0.39 is 17.5 Å². The Hall–Kier alpha value is -2.57. The van der Waals surface area contributed by atoms with Crippen molar-refractivity contribution < 1.29 is 13.6 Å². The number of benzene rings is 1. The Labute approximate surface area is 119 Å². The quantitative estimate of drug-likeness (QED) is 0.908. The lowest BCUT2D eigenvalue weighted by molar-refractivity contribution is 0.102. The molecule has 1 amide bonds. The van der Waals surface area contributed by atoms with Crippen LogP contribution < -0.4 is 10.6 Å². The molecule has 1 fully saturated rings. The minimum absolute atomic E-state index is 0.0958. The van der Waals surface area contributed by atoms with Crippen LogP contribution >= 0.6 is 0 Å². The zero-order chi connectivity index (χ0) is 14.8. The van der Waals surface area contributed by atoms with Gasteiger partial charge in [-0.1, -0.05) is 0 Å². The Kier molecular flexibility index (Phi) is 3.47. The van der Waals surface area contributed by atoms with Crippen LogP contribution in [0.5, 0.6) is 0 Å². The molecule has 1 aliphatic carbocycles. The Morgan fingerprint density at radius 1 is 1.19 bits per heavy atom. The topological polar surface area (TPSA) is 66.9 Å². The summed E-state index contributed by atoms with van der Waals surface area (Å²) in [6.45, 7) is 0. The van der Waals surface area contributed by atoms with E-state index in [1.54, 1.807) is 0 Å². The van der Waals surface area contributed by atoms with E-state index >= 15 is 0 Å². The zero-order valence-electron chi connectivity index (χ0n) is 10.9. The molecular weight excluding hydrogens is 278 g/mol. The number of amides is 1. The molecule has 1 aromatic carbocycles. The van der Waals surface area contributed by atoms with Gasteiger partial charge < -0.3 is 10.6 Å². The third kappa shape index (κ3) is 3.31. The molecule has 1 heterocycles. The second-order valence-electron chi connectivity index (χ2n) is 4.79. The van der Waals surface area contributed by atoms with Crippen molar-refractivity contribution >= 4 is 17.5 Å². The highest BCUT2D eigenvalue weighted by Crippen LogP contribution is 2.22. The van der Waals surface area contributed by atoms with Gasteiger partial charge in [-0.25, -0.2) is 18.7 Å². The maximum Gasteiger partial charge on any atom is 0.258 e. The standard InChI is InChI=1S/C14H12F2N4O/c15-9-1-4-12(11(16)5-9)20-13(21)8-6-17-14(18-7-8)19-10-2-3-10/h1,4-7,10H,2-3H2,(H,20,21)(H,17,18,19). The number of carbonyl (C=O) groups is 1. The van der Waals surface area contributed by atoms with Gasteiger partial charge >= 0.3 is 0 Å². The van der Waals surface area contributed by atoms with E-state index in [9.17, 15) is 13.6 Å². The van der Waals surface area contributed by atoms with Crippen LogP contribution in [0.3, 0.4) is 0 Å². The van der Waals surface area contributed by atoms with Gasteiger partial charge in [0.2, 0.25) is 5.95 Å². The van der Waals surface area contributed by atoms with Crippen LogP contribution in [0, 0.1) is 11.6 Å². The number of aromatic nitrogens is 2. The molecule has 108 valence electrons. The molecule has 0 bridgehead atoms. The second kappa shape index (κ2) is 5.43. The summed E-state index contributed by atoms with van der Waals surface area (Å²) in [5, 5.41) is 5.44. The summed E-state index contributed by atoms with van der Waals surface area (Å²) in [5.74, 6) is -1.64. The third-order valence-electron chi connectivity index (χ3n) is 3.00. The first kappa shape index (κ1) is 13.4. The molecule has 0 aliphatic heterocycles. The summed E-state index contributed by atoms with van der Waals surface area (Å²) in [7, 11) is 0. The number of carbonyl (C=O) groups excluding carboxylic acids is 1. The van der Waals surface area contributed by atoms with Gasteiger partial charge in [0.1, 0.15) is 11.6 Å². The maximum atomic E-state index is 13.4. The summed E-state index contributed by atoms with van der Waals surface area (Å²) in [5.41, 5.74) is 0.0988. The molecule has 7 heteroatoms. The van der Waals surface area contributed by atoms with E-state index in [1.165, 1.54) is 12.4 Å². The molecule has 0 radical (unpaired) electrons. The molecule has 1 aliphatic rings. The SMILES string of the molecule is O=C(Nc1ccc(F)cc1F)c1cnc(NC2CC2)nc1. The minimum atomic E-state index is -0.837. The predicted octanol–water partition coefficient (Wildman–Crippen LogP) is 2.58. The highest BCUT2D eigenvalue weighted by atomic mass is 19.1. The van der Waals surface area contributed by atoms with E-state index in [4.69, 9.17) is 0 Å². The van der Waals surface area contributed by atoms with Crippen LogP contribution in [0.25, 0.3) is 0 Å². The molecule has 0 saturated heterocycles. The third-order valence-corrected chi connectivity index (χ3v) is 3.00. The molecule has 0 atom stereocenters. The molecule has 2 N–H and O–H groups in total. The first-order valence-corrected chi connectivity index (χ1v) is 6.47. The number of nitrogens with one attached hydrogen (secondary N) is 2. The maximum absolute atomic E-state index is 13.4.